The van der Waals surface area contributed by atoms with E-state index in [0.29, 0.717) is 16.1 Å². The van der Waals surface area contributed by atoms with Crippen molar-refractivity contribution < 1.29 is 0 Å². The fourth-order valence-corrected chi connectivity index (χ4v) is 4.82. The van der Waals surface area contributed by atoms with Crippen molar-refractivity contribution in [3.05, 3.63) is 74.9 Å². The second-order valence-electron chi connectivity index (χ2n) is 7.79. The maximum Gasteiger partial charge on any atom is 0.0661 e. The van der Waals surface area contributed by atoms with Crippen LogP contribution in [0.15, 0.2) is 48.5 Å². The summed E-state index contributed by atoms with van der Waals surface area (Å²) in [6.45, 7) is 3.01. The van der Waals surface area contributed by atoms with E-state index in [0.717, 1.165) is 28.5 Å². The molecule has 2 nitrogen and oxygen atoms in total. The van der Waals surface area contributed by atoms with Gasteiger partial charge < -0.3 is 9.88 Å². The van der Waals surface area contributed by atoms with Gasteiger partial charge >= 0.3 is 0 Å². The average molecular weight is 448 g/mol. The van der Waals surface area contributed by atoms with Gasteiger partial charge in [0.1, 0.15) is 0 Å². The molecule has 1 aliphatic carbocycles. The monoisotopic (exact) mass is 446 g/mol. The Hall–Kier alpha value is -1.45. The van der Waals surface area contributed by atoms with Gasteiger partial charge in [0.25, 0.3) is 0 Å². The third kappa shape index (κ3) is 4.67. The van der Waals surface area contributed by atoms with Crippen molar-refractivity contribution in [3.63, 3.8) is 0 Å². The molecule has 0 saturated heterocycles. The third-order valence-corrected chi connectivity index (χ3v) is 6.62. The molecule has 0 bridgehead atoms. The van der Waals surface area contributed by atoms with Crippen LogP contribution in [0.2, 0.25) is 15.1 Å². The first-order valence-corrected chi connectivity index (χ1v) is 11.3. The summed E-state index contributed by atoms with van der Waals surface area (Å²) < 4.78 is 2.22. The lowest BCUT2D eigenvalue weighted by atomic mass is 9.95. The molecule has 1 fully saturated rings. The number of aromatic nitrogens is 1. The minimum absolute atomic E-state index is 0.615. The Morgan fingerprint density at radius 2 is 1.59 bits per heavy atom. The lowest BCUT2D eigenvalue weighted by Gasteiger charge is -2.22. The molecule has 1 aliphatic rings. The fraction of sp³-hybridized carbons (Fsp3) is 0.333. The predicted octanol–water partition coefficient (Wildman–Crippen LogP) is 7.84. The van der Waals surface area contributed by atoms with Gasteiger partial charge in [-0.25, -0.2) is 0 Å². The van der Waals surface area contributed by atoms with Crippen LogP contribution in [0.3, 0.4) is 0 Å². The summed E-state index contributed by atoms with van der Waals surface area (Å²) in [6.07, 6.45) is 6.56. The van der Waals surface area contributed by atoms with E-state index in [9.17, 15) is 0 Å². The zero-order valence-electron chi connectivity index (χ0n) is 16.5. The third-order valence-electron chi connectivity index (χ3n) is 5.83. The second-order valence-corrected chi connectivity index (χ2v) is 9.07. The van der Waals surface area contributed by atoms with Gasteiger partial charge in [-0.05, 0) is 67.3 Å². The molecule has 0 atom stereocenters. The highest BCUT2D eigenvalue weighted by molar-refractivity contribution is 6.35. The number of benzene rings is 2. The van der Waals surface area contributed by atoms with Crippen LogP contribution < -0.4 is 5.32 Å². The van der Waals surface area contributed by atoms with E-state index >= 15 is 0 Å². The van der Waals surface area contributed by atoms with Crippen molar-refractivity contribution in [2.75, 3.05) is 0 Å². The molecule has 0 unspecified atom stereocenters. The number of hydrogen-bond acceptors (Lipinski definition) is 1. The fourth-order valence-electron chi connectivity index (χ4n) is 4.20. The van der Waals surface area contributed by atoms with Crippen molar-refractivity contribution in [1.82, 2.24) is 9.88 Å². The van der Waals surface area contributed by atoms with Gasteiger partial charge in [-0.1, -0.05) is 66.2 Å². The Kier molecular flexibility index (Phi) is 6.56. The Morgan fingerprint density at radius 3 is 2.28 bits per heavy atom. The van der Waals surface area contributed by atoms with Gasteiger partial charge in [-0.3, -0.25) is 0 Å². The van der Waals surface area contributed by atoms with Gasteiger partial charge in [0.15, 0.2) is 0 Å². The van der Waals surface area contributed by atoms with E-state index in [2.05, 4.69) is 35.0 Å². The van der Waals surface area contributed by atoms with E-state index in [1.165, 1.54) is 43.4 Å². The van der Waals surface area contributed by atoms with Crippen LogP contribution in [0, 0.1) is 6.92 Å². The van der Waals surface area contributed by atoms with Crippen LogP contribution in [-0.4, -0.2) is 10.6 Å². The minimum atomic E-state index is 0.615. The highest BCUT2D eigenvalue weighted by Crippen LogP contribution is 2.34. The van der Waals surface area contributed by atoms with Crippen molar-refractivity contribution in [3.8, 4) is 16.9 Å². The van der Waals surface area contributed by atoms with E-state index in [4.69, 9.17) is 34.8 Å². The molecule has 0 aliphatic heterocycles. The highest BCUT2D eigenvalue weighted by Gasteiger charge is 2.19. The zero-order valence-corrected chi connectivity index (χ0v) is 18.8. The van der Waals surface area contributed by atoms with E-state index in [1.54, 1.807) is 6.07 Å². The molecule has 0 amide bonds. The summed E-state index contributed by atoms with van der Waals surface area (Å²) >= 11 is 18.8. The topological polar surface area (TPSA) is 17.0 Å². The summed E-state index contributed by atoms with van der Waals surface area (Å²) in [5.41, 5.74) is 5.60. The molecule has 3 aromatic rings. The Balaban J connectivity index is 1.74. The molecule has 1 aromatic heterocycles. The molecule has 0 spiro atoms. The number of halogens is 3. The first-order chi connectivity index (χ1) is 14.0. The first kappa shape index (κ1) is 20.8. The summed E-state index contributed by atoms with van der Waals surface area (Å²) in [4.78, 5) is 0. The summed E-state index contributed by atoms with van der Waals surface area (Å²) in [6, 6.07) is 16.5. The van der Waals surface area contributed by atoms with Gasteiger partial charge in [0, 0.05) is 28.3 Å². The Morgan fingerprint density at radius 1 is 0.897 bits per heavy atom. The quantitative estimate of drug-likeness (QED) is 0.421. The molecular weight excluding hydrogens is 423 g/mol. The van der Waals surface area contributed by atoms with Crippen LogP contribution >= 0.6 is 34.8 Å². The molecule has 5 heteroatoms. The normalized spacial score (nSPS) is 15.0. The Labute approximate surface area is 187 Å². The Bertz CT molecular complexity index is 986. The second kappa shape index (κ2) is 9.14. The molecule has 29 heavy (non-hydrogen) atoms. The smallest absolute Gasteiger partial charge is 0.0661 e. The maximum atomic E-state index is 6.59. The van der Waals surface area contributed by atoms with E-state index < -0.39 is 0 Å². The zero-order chi connectivity index (χ0) is 20.4. The van der Waals surface area contributed by atoms with Crippen LogP contribution in [0.1, 0.15) is 43.4 Å². The minimum Gasteiger partial charge on any atom is -0.312 e. The van der Waals surface area contributed by atoms with Gasteiger partial charge in [0.2, 0.25) is 0 Å². The number of nitrogens with zero attached hydrogens (tertiary/aromatic N) is 1. The molecule has 152 valence electrons. The van der Waals surface area contributed by atoms with Crippen LogP contribution in [0.4, 0.5) is 0 Å². The number of rotatable bonds is 5. The lowest BCUT2D eigenvalue weighted by Crippen LogP contribution is -2.30. The molecule has 0 radical (unpaired) electrons. The van der Waals surface area contributed by atoms with Crippen LogP contribution in [0.25, 0.3) is 16.9 Å². The maximum absolute atomic E-state index is 6.59. The van der Waals surface area contributed by atoms with Crippen molar-refractivity contribution in [2.24, 2.45) is 0 Å². The number of nitrogens with one attached hydrogen (secondary N) is 1. The molecule has 1 saturated carbocycles. The van der Waals surface area contributed by atoms with Crippen molar-refractivity contribution >= 4 is 34.8 Å². The van der Waals surface area contributed by atoms with Crippen molar-refractivity contribution in [1.29, 1.82) is 0 Å². The standard InChI is InChI=1S/C24H25Cl3N2/c1-16-18(15-28-21-5-3-2-4-6-21)13-24(17-7-9-19(25)10-8-17)29(16)23-12-11-20(26)14-22(23)27/h7-14,21,28H,2-6,15H2,1H3. The first-order valence-electron chi connectivity index (χ1n) is 10.2. The molecule has 2 aromatic carbocycles. The van der Waals surface area contributed by atoms with Crippen molar-refractivity contribution in [2.45, 2.75) is 51.6 Å². The lowest BCUT2D eigenvalue weighted by molar-refractivity contribution is 0.372. The summed E-state index contributed by atoms with van der Waals surface area (Å²) in [5.74, 6) is 0. The number of hydrogen-bond donors (Lipinski definition) is 1. The predicted molar refractivity (Wildman–Crippen MR) is 125 cm³/mol. The van der Waals surface area contributed by atoms with Gasteiger partial charge in [0.05, 0.1) is 16.4 Å². The highest BCUT2D eigenvalue weighted by atomic mass is 35.5. The van der Waals surface area contributed by atoms with Gasteiger partial charge in [-0.15, -0.1) is 0 Å². The summed E-state index contributed by atoms with van der Waals surface area (Å²) in [7, 11) is 0. The van der Waals surface area contributed by atoms with E-state index in [1.807, 2.05) is 24.3 Å². The van der Waals surface area contributed by atoms with Crippen LogP contribution in [0.5, 0.6) is 0 Å². The SMILES string of the molecule is Cc1c(CNC2CCCCC2)cc(-c2ccc(Cl)cc2)n1-c1ccc(Cl)cc1Cl. The molecule has 4 rings (SSSR count). The summed E-state index contributed by atoms with van der Waals surface area (Å²) in [5, 5.41) is 5.77. The van der Waals surface area contributed by atoms with E-state index in [-0.39, 0.29) is 0 Å². The van der Waals surface area contributed by atoms with Crippen LogP contribution in [-0.2, 0) is 6.54 Å². The largest absolute Gasteiger partial charge is 0.312 e. The molecular formula is C24H25Cl3N2. The average Bonchev–Trinajstić information content (AvgIpc) is 3.04. The molecule has 1 N–H and O–H groups in total. The van der Waals surface area contributed by atoms with Gasteiger partial charge in [-0.2, -0.15) is 0 Å². The molecule has 1 heterocycles.